The van der Waals surface area contributed by atoms with Crippen molar-refractivity contribution >= 4 is 22.9 Å². The maximum absolute atomic E-state index is 12.4. The number of hydrogen-bond donors (Lipinski definition) is 2. The first-order valence-corrected chi connectivity index (χ1v) is 11.3. The lowest BCUT2D eigenvalue weighted by Gasteiger charge is -2.35. The lowest BCUT2D eigenvalue weighted by atomic mass is 10.2. The van der Waals surface area contributed by atoms with Gasteiger partial charge in [0, 0.05) is 30.7 Å². The van der Waals surface area contributed by atoms with Crippen LogP contribution in [0, 0.1) is 0 Å². The first kappa shape index (κ1) is 23.6. The van der Waals surface area contributed by atoms with Crippen LogP contribution in [0.15, 0.2) is 35.3 Å². The van der Waals surface area contributed by atoms with E-state index in [9.17, 15) is 9.59 Å². The Labute approximate surface area is 197 Å². The lowest BCUT2D eigenvalue weighted by Crippen LogP contribution is -2.46. The fourth-order valence-corrected chi connectivity index (χ4v) is 3.85. The predicted octanol–water partition coefficient (Wildman–Crippen LogP) is 3.02. The second-order valence-electron chi connectivity index (χ2n) is 9.54. The summed E-state index contributed by atoms with van der Waals surface area (Å²) in [6.45, 7) is 10.9. The minimum absolute atomic E-state index is 0.0386. The van der Waals surface area contributed by atoms with Crippen LogP contribution in [0.5, 0.6) is 0 Å². The molecule has 1 fully saturated rings. The van der Waals surface area contributed by atoms with Crippen LogP contribution in [-0.2, 0) is 16.0 Å². The third kappa shape index (κ3) is 5.88. The number of nitrogens with one attached hydrogen (secondary N) is 2. The maximum atomic E-state index is 12.4. The number of carbonyl (C=O) groups is 1. The van der Waals surface area contributed by atoms with Gasteiger partial charge in [0.05, 0.1) is 41.4 Å². The van der Waals surface area contributed by atoms with Gasteiger partial charge in [-0.15, -0.1) is 0 Å². The number of ether oxygens (including phenoxy) is 2. The van der Waals surface area contributed by atoms with Crippen LogP contribution < -0.4 is 15.8 Å². The number of alkyl carbamates (subject to hydrolysis) is 1. The zero-order valence-electron chi connectivity index (χ0n) is 20.1. The molecule has 10 heteroatoms. The lowest BCUT2D eigenvalue weighted by molar-refractivity contribution is -0.00573. The number of anilines is 1. The van der Waals surface area contributed by atoms with Crippen LogP contribution in [0.25, 0.3) is 22.3 Å². The van der Waals surface area contributed by atoms with Crippen molar-refractivity contribution in [3.8, 4) is 11.4 Å². The molecule has 0 spiro atoms. The van der Waals surface area contributed by atoms with E-state index in [0.29, 0.717) is 41.6 Å². The van der Waals surface area contributed by atoms with Crippen molar-refractivity contribution in [3.63, 3.8) is 0 Å². The summed E-state index contributed by atoms with van der Waals surface area (Å²) in [5.41, 5.74) is 1.56. The average molecular weight is 467 g/mol. The van der Waals surface area contributed by atoms with Crippen molar-refractivity contribution in [2.45, 2.75) is 59.0 Å². The number of carbonyl (C=O) groups excluding carboxylic acids is 1. The van der Waals surface area contributed by atoms with Gasteiger partial charge in [0.2, 0.25) is 5.95 Å². The van der Waals surface area contributed by atoms with E-state index in [-0.39, 0.29) is 24.3 Å². The highest BCUT2D eigenvalue weighted by atomic mass is 16.6. The smallest absolute Gasteiger partial charge is 0.407 e. The number of pyridine rings is 2. The Balaban J connectivity index is 1.58. The summed E-state index contributed by atoms with van der Waals surface area (Å²) < 4.78 is 11.1. The molecule has 4 rings (SSSR count). The molecule has 1 aliphatic heterocycles. The van der Waals surface area contributed by atoms with Crippen LogP contribution in [0.1, 0.15) is 40.3 Å². The third-order valence-corrected chi connectivity index (χ3v) is 5.15. The molecule has 0 aliphatic carbocycles. The van der Waals surface area contributed by atoms with Crippen LogP contribution in [0.3, 0.4) is 0 Å². The third-order valence-electron chi connectivity index (χ3n) is 5.15. The molecule has 3 aromatic rings. The van der Waals surface area contributed by atoms with E-state index in [1.165, 1.54) is 6.07 Å². The summed E-state index contributed by atoms with van der Waals surface area (Å²) in [4.78, 5) is 43.0. The van der Waals surface area contributed by atoms with Crippen molar-refractivity contribution in [2.75, 3.05) is 18.0 Å². The maximum Gasteiger partial charge on any atom is 0.407 e. The zero-order valence-corrected chi connectivity index (χ0v) is 20.1. The summed E-state index contributed by atoms with van der Waals surface area (Å²) in [5, 5.41) is 3.54. The molecule has 0 unspecified atom stereocenters. The van der Waals surface area contributed by atoms with E-state index in [1.54, 1.807) is 33.0 Å². The minimum Gasteiger partial charge on any atom is -0.444 e. The second-order valence-corrected chi connectivity index (χ2v) is 9.54. The quantitative estimate of drug-likeness (QED) is 0.602. The monoisotopic (exact) mass is 466 g/mol. The molecule has 180 valence electrons. The van der Waals surface area contributed by atoms with E-state index < -0.39 is 11.7 Å². The molecule has 2 atom stereocenters. The van der Waals surface area contributed by atoms with Gasteiger partial charge in [-0.2, -0.15) is 0 Å². The van der Waals surface area contributed by atoms with E-state index in [4.69, 9.17) is 14.5 Å². The van der Waals surface area contributed by atoms with Gasteiger partial charge in [0.25, 0.3) is 5.56 Å². The Hall–Kier alpha value is -3.53. The Kier molecular flexibility index (Phi) is 6.52. The summed E-state index contributed by atoms with van der Waals surface area (Å²) in [6.07, 6.45) is 1.27. The normalized spacial score (nSPS) is 18.7. The van der Waals surface area contributed by atoms with Crippen LogP contribution in [0.2, 0.25) is 0 Å². The van der Waals surface area contributed by atoms with Crippen molar-refractivity contribution < 1.29 is 14.3 Å². The summed E-state index contributed by atoms with van der Waals surface area (Å²) in [5.74, 6) is 0.503. The number of fused-ring (bicyclic) bond motifs is 1. The van der Waals surface area contributed by atoms with E-state index >= 15 is 0 Å². The molecule has 0 saturated carbocycles. The fraction of sp³-hybridized carbons (Fsp3) is 0.458. The zero-order chi connectivity index (χ0) is 24.5. The molecule has 0 radical (unpaired) electrons. The number of aromatic amines is 1. The van der Waals surface area contributed by atoms with E-state index in [0.717, 1.165) is 5.39 Å². The molecular formula is C24H30N6O4. The number of H-pyrrole nitrogens is 1. The van der Waals surface area contributed by atoms with Crippen molar-refractivity contribution in [1.82, 2.24) is 25.3 Å². The summed E-state index contributed by atoms with van der Waals surface area (Å²) in [7, 11) is 0. The van der Waals surface area contributed by atoms with Gasteiger partial charge >= 0.3 is 6.09 Å². The van der Waals surface area contributed by atoms with Gasteiger partial charge in [-0.25, -0.2) is 14.8 Å². The predicted molar refractivity (Wildman–Crippen MR) is 129 cm³/mol. The Morgan fingerprint density at radius 3 is 2.62 bits per heavy atom. The van der Waals surface area contributed by atoms with Crippen LogP contribution >= 0.6 is 0 Å². The first-order valence-electron chi connectivity index (χ1n) is 11.3. The molecule has 3 aromatic heterocycles. The van der Waals surface area contributed by atoms with E-state index in [1.807, 2.05) is 30.9 Å². The number of aromatic nitrogens is 4. The molecule has 0 bridgehead atoms. The van der Waals surface area contributed by atoms with Crippen molar-refractivity contribution in [1.29, 1.82) is 0 Å². The second kappa shape index (κ2) is 9.38. The molecule has 34 heavy (non-hydrogen) atoms. The molecule has 2 N–H and O–H groups in total. The molecule has 1 amide bonds. The molecule has 0 aromatic carbocycles. The molecule has 10 nitrogen and oxygen atoms in total. The highest BCUT2D eigenvalue weighted by Gasteiger charge is 2.24. The fourth-order valence-electron chi connectivity index (χ4n) is 3.85. The van der Waals surface area contributed by atoms with E-state index in [2.05, 4.69) is 20.3 Å². The molecular weight excluding hydrogens is 436 g/mol. The Morgan fingerprint density at radius 1 is 1.18 bits per heavy atom. The molecule has 1 saturated heterocycles. The highest BCUT2D eigenvalue weighted by molar-refractivity contribution is 5.80. The molecule has 1 aliphatic rings. The number of morpholine rings is 1. The van der Waals surface area contributed by atoms with Gasteiger partial charge in [0.15, 0.2) is 0 Å². The van der Waals surface area contributed by atoms with Gasteiger partial charge in [-0.1, -0.05) is 0 Å². The van der Waals surface area contributed by atoms with Gasteiger partial charge < -0.3 is 19.7 Å². The van der Waals surface area contributed by atoms with Gasteiger partial charge in [0.1, 0.15) is 5.60 Å². The summed E-state index contributed by atoms with van der Waals surface area (Å²) >= 11 is 0. The average Bonchev–Trinajstić information content (AvgIpc) is 2.75. The largest absolute Gasteiger partial charge is 0.444 e. The Bertz CT molecular complexity index is 1240. The standard InChI is InChI=1S/C24H30N6O4/c1-14-12-30(13-15(2)33-14)22-28-20(9-21(31)29-22)18-7-6-16-10-25-17(8-19(16)27-18)11-26-23(32)34-24(3,4)5/h6-10,14-15H,11-13H2,1-5H3,(H,26,32)(H,28,29,31)/t14-,15+. The SMILES string of the molecule is C[C@@H]1CN(c2nc(-c3ccc4cnc(CNC(=O)OC(C)(C)C)cc4n3)cc(=O)[nH]2)C[C@H](C)O1. The summed E-state index contributed by atoms with van der Waals surface area (Å²) in [6, 6.07) is 6.95. The number of nitrogens with zero attached hydrogens (tertiary/aromatic N) is 4. The Morgan fingerprint density at radius 2 is 1.91 bits per heavy atom. The van der Waals surface area contributed by atoms with Gasteiger partial charge in [-0.05, 0) is 52.8 Å². The first-order chi connectivity index (χ1) is 16.1. The van der Waals surface area contributed by atoms with Crippen molar-refractivity contribution in [2.24, 2.45) is 0 Å². The number of amides is 1. The van der Waals surface area contributed by atoms with Crippen LogP contribution in [0.4, 0.5) is 10.7 Å². The minimum atomic E-state index is -0.575. The van der Waals surface area contributed by atoms with Crippen molar-refractivity contribution in [3.05, 3.63) is 46.5 Å². The topological polar surface area (TPSA) is 122 Å². The number of rotatable bonds is 4. The van der Waals surface area contributed by atoms with Gasteiger partial charge in [-0.3, -0.25) is 14.8 Å². The number of hydrogen-bond acceptors (Lipinski definition) is 8. The molecule has 4 heterocycles. The highest BCUT2D eigenvalue weighted by Crippen LogP contribution is 2.22. The van der Waals surface area contributed by atoms with Crippen LogP contribution in [-0.4, -0.2) is 56.9 Å².